The molecule has 0 aromatic carbocycles. The number of carbonyl (C=O) groups is 1. The summed E-state index contributed by atoms with van der Waals surface area (Å²) in [7, 11) is 0. The lowest BCUT2D eigenvalue weighted by atomic mass is 10.2. The molecular weight excluding hydrogens is 264 g/mol. The molecule has 15 heavy (non-hydrogen) atoms. The molecule has 1 amide bonds. The molecule has 80 valence electrons. The van der Waals surface area contributed by atoms with Crippen LogP contribution in [-0.4, -0.2) is 28.7 Å². The van der Waals surface area contributed by atoms with Crippen molar-refractivity contribution in [1.29, 1.82) is 0 Å². The number of rotatable bonds is 2. The van der Waals surface area contributed by atoms with Crippen molar-refractivity contribution in [1.82, 2.24) is 4.98 Å². The van der Waals surface area contributed by atoms with E-state index in [2.05, 4.69) is 26.2 Å². The summed E-state index contributed by atoms with van der Waals surface area (Å²) in [5.41, 5.74) is 0. The van der Waals surface area contributed by atoms with Crippen LogP contribution in [0.2, 0.25) is 0 Å². The van der Waals surface area contributed by atoms with Gasteiger partial charge in [0.05, 0.1) is 0 Å². The van der Waals surface area contributed by atoms with Crippen molar-refractivity contribution >= 4 is 27.7 Å². The Morgan fingerprint density at radius 3 is 3.13 bits per heavy atom. The van der Waals surface area contributed by atoms with E-state index in [0.717, 1.165) is 0 Å². The molecule has 0 fully saturated rings. The predicted molar refractivity (Wildman–Crippen MR) is 56.7 cm³/mol. The van der Waals surface area contributed by atoms with Gasteiger partial charge in [0.15, 0.2) is 17.7 Å². The summed E-state index contributed by atoms with van der Waals surface area (Å²) in [5.74, 6) is 0.655. The van der Waals surface area contributed by atoms with Crippen LogP contribution in [0.3, 0.4) is 0 Å². The summed E-state index contributed by atoms with van der Waals surface area (Å²) in [4.78, 5) is 15.5. The van der Waals surface area contributed by atoms with E-state index in [-0.39, 0.29) is 18.9 Å². The molecule has 5 nitrogen and oxygen atoms in total. The second kappa shape index (κ2) is 4.16. The first kappa shape index (κ1) is 10.4. The van der Waals surface area contributed by atoms with Gasteiger partial charge < -0.3 is 15.2 Å². The lowest BCUT2D eigenvalue weighted by Crippen LogP contribution is -2.38. The van der Waals surface area contributed by atoms with E-state index in [1.807, 2.05) is 0 Å². The van der Waals surface area contributed by atoms with Gasteiger partial charge in [-0.2, -0.15) is 0 Å². The smallest absolute Gasteiger partial charge is 0.266 e. The molecule has 1 aliphatic rings. The fourth-order valence-corrected chi connectivity index (χ4v) is 1.63. The van der Waals surface area contributed by atoms with Crippen LogP contribution in [0.15, 0.2) is 16.7 Å². The van der Waals surface area contributed by atoms with Crippen LogP contribution >= 0.6 is 15.9 Å². The van der Waals surface area contributed by atoms with Gasteiger partial charge in [-0.3, -0.25) is 4.79 Å². The summed E-state index contributed by atoms with van der Waals surface area (Å²) in [6.07, 6.45) is -0.355. The van der Waals surface area contributed by atoms with Gasteiger partial charge >= 0.3 is 0 Å². The summed E-state index contributed by atoms with van der Waals surface area (Å²) < 4.78 is 6.01. The minimum atomic E-state index is -0.634. The molecule has 2 N–H and O–H groups in total. The molecule has 1 atom stereocenters. The topological polar surface area (TPSA) is 71.5 Å². The van der Waals surface area contributed by atoms with Crippen LogP contribution < -0.4 is 10.1 Å². The Morgan fingerprint density at radius 1 is 1.60 bits per heavy atom. The predicted octanol–water partition coefficient (Wildman–Crippen LogP) is 0.926. The Balaban J connectivity index is 2.26. The standard InChI is InChI=1S/C9H9BrN2O3/c10-7-2-1-5-8(11-7)12-9(14)6(15-5)3-4-13/h1-2,6,13H,3-4H2,(H,11,12,14). The van der Waals surface area contributed by atoms with Crippen molar-refractivity contribution in [3.63, 3.8) is 0 Å². The van der Waals surface area contributed by atoms with Gasteiger partial charge in [-0.15, -0.1) is 0 Å². The lowest BCUT2D eigenvalue weighted by Gasteiger charge is -2.24. The maximum atomic E-state index is 11.5. The Kier molecular flexibility index (Phi) is 2.88. The number of anilines is 1. The van der Waals surface area contributed by atoms with Crippen LogP contribution in [0.1, 0.15) is 6.42 Å². The van der Waals surface area contributed by atoms with Gasteiger partial charge in [0.25, 0.3) is 5.91 Å². The monoisotopic (exact) mass is 272 g/mol. The van der Waals surface area contributed by atoms with E-state index in [1.54, 1.807) is 12.1 Å². The number of aliphatic hydroxyl groups is 1. The first-order valence-corrected chi connectivity index (χ1v) is 5.25. The SMILES string of the molecule is O=C1Nc2nc(Br)ccc2OC1CCO. The first-order valence-electron chi connectivity index (χ1n) is 4.45. The average Bonchev–Trinajstić information content (AvgIpc) is 2.20. The van der Waals surface area contributed by atoms with Crippen molar-refractivity contribution in [2.75, 3.05) is 11.9 Å². The fourth-order valence-electron chi connectivity index (χ4n) is 1.32. The maximum absolute atomic E-state index is 11.5. The number of hydrogen-bond donors (Lipinski definition) is 2. The van der Waals surface area contributed by atoms with Crippen molar-refractivity contribution in [2.24, 2.45) is 0 Å². The van der Waals surface area contributed by atoms with Gasteiger partial charge in [0.2, 0.25) is 0 Å². The number of fused-ring (bicyclic) bond motifs is 1. The Labute approximate surface area is 94.6 Å². The normalized spacial score (nSPS) is 19.1. The number of aliphatic hydroxyl groups excluding tert-OH is 1. The third-order valence-corrected chi connectivity index (χ3v) is 2.46. The largest absolute Gasteiger partial charge is 0.477 e. The molecule has 2 rings (SSSR count). The summed E-state index contributed by atoms with van der Waals surface area (Å²) in [6, 6.07) is 3.45. The zero-order chi connectivity index (χ0) is 10.8. The van der Waals surface area contributed by atoms with Crippen LogP contribution in [-0.2, 0) is 4.79 Å². The van der Waals surface area contributed by atoms with Crippen LogP contribution in [0.4, 0.5) is 5.82 Å². The molecule has 0 saturated carbocycles. The number of nitrogens with zero attached hydrogens (tertiary/aromatic N) is 1. The molecule has 1 aromatic heterocycles. The Morgan fingerprint density at radius 2 is 2.40 bits per heavy atom. The number of ether oxygens (including phenoxy) is 1. The minimum Gasteiger partial charge on any atom is -0.477 e. The zero-order valence-electron chi connectivity index (χ0n) is 7.74. The second-order valence-corrected chi connectivity index (χ2v) is 3.90. The lowest BCUT2D eigenvalue weighted by molar-refractivity contribution is -0.124. The average molecular weight is 273 g/mol. The van der Waals surface area contributed by atoms with Gasteiger partial charge in [0.1, 0.15) is 4.60 Å². The van der Waals surface area contributed by atoms with E-state index < -0.39 is 6.10 Å². The maximum Gasteiger partial charge on any atom is 0.266 e. The number of nitrogens with one attached hydrogen (secondary N) is 1. The first-order chi connectivity index (χ1) is 7.20. The Bertz CT molecular complexity index is 397. The summed E-state index contributed by atoms with van der Waals surface area (Å²) in [5, 5.41) is 11.4. The van der Waals surface area contributed by atoms with Crippen molar-refractivity contribution in [3.05, 3.63) is 16.7 Å². The molecule has 0 bridgehead atoms. The summed E-state index contributed by atoms with van der Waals surface area (Å²) in [6.45, 7) is -0.0859. The Hall–Kier alpha value is -1.14. The van der Waals surface area contributed by atoms with E-state index in [1.165, 1.54) is 0 Å². The van der Waals surface area contributed by atoms with E-state index in [9.17, 15) is 4.79 Å². The number of aromatic nitrogens is 1. The van der Waals surface area contributed by atoms with E-state index in [0.29, 0.717) is 16.2 Å². The third kappa shape index (κ3) is 2.10. The van der Waals surface area contributed by atoms with Crippen molar-refractivity contribution in [3.8, 4) is 5.75 Å². The molecule has 6 heteroatoms. The molecule has 1 aliphatic heterocycles. The van der Waals surface area contributed by atoms with Gasteiger partial charge in [-0.25, -0.2) is 4.98 Å². The highest BCUT2D eigenvalue weighted by Crippen LogP contribution is 2.29. The van der Waals surface area contributed by atoms with E-state index in [4.69, 9.17) is 9.84 Å². The van der Waals surface area contributed by atoms with Crippen molar-refractivity contribution < 1.29 is 14.6 Å². The van der Waals surface area contributed by atoms with E-state index >= 15 is 0 Å². The molecule has 0 saturated heterocycles. The minimum absolute atomic E-state index is 0.0859. The zero-order valence-corrected chi connectivity index (χ0v) is 9.32. The highest BCUT2D eigenvalue weighted by atomic mass is 79.9. The number of hydrogen-bond acceptors (Lipinski definition) is 4. The molecule has 0 spiro atoms. The number of halogens is 1. The van der Waals surface area contributed by atoms with Gasteiger partial charge in [0, 0.05) is 13.0 Å². The highest BCUT2D eigenvalue weighted by Gasteiger charge is 2.27. The molecular formula is C9H9BrN2O3. The molecule has 1 aromatic rings. The second-order valence-electron chi connectivity index (χ2n) is 3.09. The third-order valence-electron chi connectivity index (χ3n) is 2.02. The number of pyridine rings is 1. The van der Waals surface area contributed by atoms with Crippen LogP contribution in [0.5, 0.6) is 5.75 Å². The van der Waals surface area contributed by atoms with Gasteiger partial charge in [-0.1, -0.05) is 0 Å². The molecule has 1 unspecified atom stereocenters. The van der Waals surface area contributed by atoms with Crippen molar-refractivity contribution in [2.45, 2.75) is 12.5 Å². The van der Waals surface area contributed by atoms with Crippen LogP contribution in [0, 0.1) is 0 Å². The highest BCUT2D eigenvalue weighted by molar-refractivity contribution is 9.10. The quantitative estimate of drug-likeness (QED) is 0.786. The van der Waals surface area contributed by atoms with Crippen LogP contribution in [0.25, 0.3) is 0 Å². The fraction of sp³-hybridized carbons (Fsp3) is 0.333. The summed E-state index contributed by atoms with van der Waals surface area (Å²) >= 11 is 3.20. The molecule has 0 aliphatic carbocycles. The molecule has 2 heterocycles. The number of carbonyl (C=O) groups excluding carboxylic acids is 1. The number of amides is 1. The van der Waals surface area contributed by atoms with Gasteiger partial charge in [-0.05, 0) is 28.1 Å². The molecule has 0 radical (unpaired) electrons.